The number of pyridine rings is 1. The van der Waals surface area contributed by atoms with Crippen LogP contribution < -0.4 is 14.4 Å². The van der Waals surface area contributed by atoms with Gasteiger partial charge in [0.1, 0.15) is 0 Å². The maximum atomic E-state index is 13.7. The third-order valence-electron chi connectivity index (χ3n) is 6.38. The van der Waals surface area contributed by atoms with Crippen molar-refractivity contribution in [1.82, 2.24) is 9.88 Å². The lowest BCUT2D eigenvalue weighted by atomic mass is 10.0. The fraction of sp³-hybridized carbons (Fsp3) is 0.214. The number of aromatic nitrogens is 1. The van der Waals surface area contributed by atoms with E-state index in [1.54, 1.807) is 14.2 Å². The molecule has 5 rings (SSSR count). The summed E-state index contributed by atoms with van der Waals surface area (Å²) in [5.74, 6) is 1.28. The number of hydrogen-bond donors (Lipinski definition) is 0. The van der Waals surface area contributed by atoms with Crippen LogP contribution in [-0.4, -0.2) is 56.2 Å². The number of fused-ring (bicyclic) bond motifs is 1. The van der Waals surface area contributed by atoms with Gasteiger partial charge in [0.15, 0.2) is 11.5 Å². The summed E-state index contributed by atoms with van der Waals surface area (Å²) < 4.78 is 10.8. The highest BCUT2D eigenvalue weighted by Crippen LogP contribution is 2.33. The molecule has 0 unspecified atom stereocenters. The number of ether oxygens (including phenoxy) is 2. The molecule has 1 aliphatic rings. The summed E-state index contributed by atoms with van der Waals surface area (Å²) in [6, 6.07) is 23.2. The Morgan fingerprint density at radius 1 is 0.857 bits per heavy atom. The normalized spacial score (nSPS) is 13.7. The number of halogens is 1. The monoisotopic (exact) mass is 487 g/mol. The first-order chi connectivity index (χ1) is 17.1. The largest absolute Gasteiger partial charge is 0.493 e. The minimum atomic E-state index is 0.0149. The first kappa shape index (κ1) is 23.0. The van der Waals surface area contributed by atoms with Crippen molar-refractivity contribution < 1.29 is 14.3 Å². The number of carbonyl (C=O) groups is 1. The standard InChI is InChI=1S/C28H26ClN3O3/c1-34-26-12-7-19(17-27(26)35-2)25-18-23(22-5-3-4-6-24(22)30-25)28(33)32-15-13-31(14-16-32)21-10-8-20(29)9-11-21/h3-12,17-18H,13-16H2,1-2H3. The van der Waals surface area contributed by atoms with Crippen molar-refractivity contribution >= 4 is 34.1 Å². The van der Waals surface area contributed by atoms with E-state index in [9.17, 15) is 4.79 Å². The molecule has 178 valence electrons. The van der Waals surface area contributed by atoms with Crippen molar-refractivity contribution in [3.8, 4) is 22.8 Å². The average molecular weight is 488 g/mol. The quantitative estimate of drug-likeness (QED) is 0.370. The van der Waals surface area contributed by atoms with Gasteiger partial charge in [-0.25, -0.2) is 4.98 Å². The number of methoxy groups -OCH3 is 2. The molecule has 1 aliphatic heterocycles. The molecule has 3 aromatic carbocycles. The number of carbonyl (C=O) groups excluding carboxylic acids is 1. The molecule has 0 bridgehead atoms. The predicted molar refractivity (Wildman–Crippen MR) is 140 cm³/mol. The van der Waals surface area contributed by atoms with E-state index in [1.807, 2.05) is 77.7 Å². The molecule has 35 heavy (non-hydrogen) atoms. The topological polar surface area (TPSA) is 54.9 Å². The van der Waals surface area contributed by atoms with Gasteiger partial charge in [-0.3, -0.25) is 4.79 Å². The lowest BCUT2D eigenvalue weighted by Crippen LogP contribution is -2.48. The molecule has 0 aliphatic carbocycles. The molecule has 1 amide bonds. The third kappa shape index (κ3) is 4.62. The highest BCUT2D eigenvalue weighted by atomic mass is 35.5. The summed E-state index contributed by atoms with van der Waals surface area (Å²) in [5, 5.41) is 1.57. The van der Waals surface area contributed by atoms with Gasteiger partial charge in [-0.1, -0.05) is 29.8 Å². The minimum absolute atomic E-state index is 0.0149. The van der Waals surface area contributed by atoms with Crippen molar-refractivity contribution in [3.63, 3.8) is 0 Å². The Labute approximate surface area is 209 Å². The van der Waals surface area contributed by atoms with Crippen molar-refractivity contribution in [3.05, 3.63) is 83.4 Å². The van der Waals surface area contributed by atoms with E-state index in [0.717, 1.165) is 40.3 Å². The van der Waals surface area contributed by atoms with Gasteiger partial charge in [0.05, 0.1) is 31.0 Å². The van der Waals surface area contributed by atoms with Crippen LogP contribution in [0.2, 0.25) is 5.02 Å². The average Bonchev–Trinajstić information content (AvgIpc) is 2.92. The summed E-state index contributed by atoms with van der Waals surface area (Å²) in [4.78, 5) is 22.8. The molecule has 0 spiro atoms. The zero-order chi connectivity index (χ0) is 24.4. The second-order valence-electron chi connectivity index (χ2n) is 8.40. The number of rotatable bonds is 5. The molecule has 1 saturated heterocycles. The Hall–Kier alpha value is -3.77. The van der Waals surface area contributed by atoms with Crippen molar-refractivity contribution in [2.45, 2.75) is 0 Å². The predicted octanol–water partition coefficient (Wildman–Crippen LogP) is 5.53. The van der Waals surface area contributed by atoms with E-state index in [0.29, 0.717) is 35.8 Å². The summed E-state index contributed by atoms with van der Waals surface area (Å²) in [5.41, 5.74) is 4.12. The molecule has 0 N–H and O–H groups in total. The number of benzene rings is 3. The maximum Gasteiger partial charge on any atom is 0.254 e. The Bertz CT molecular complexity index is 1370. The van der Waals surface area contributed by atoms with Crippen molar-refractivity contribution in [2.24, 2.45) is 0 Å². The van der Waals surface area contributed by atoms with Crippen LogP contribution in [0.4, 0.5) is 5.69 Å². The molecule has 1 aromatic heterocycles. The maximum absolute atomic E-state index is 13.7. The lowest BCUT2D eigenvalue weighted by molar-refractivity contribution is 0.0748. The van der Waals surface area contributed by atoms with E-state index in [4.69, 9.17) is 26.1 Å². The Morgan fingerprint density at radius 2 is 1.57 bits per heavy atom. The number of para-hydroxylation sites is 1. The van der Waals surface area contributed by atoms with Gasteiger partial charge in [-0.2, -0.15) is 0 Å². The lowest BCUT2D eigenvalue weighted by Gasteiger charge is -2.36. The Kier molecular flexibility index (Phi) is 6.47. The van der Waals surface area contributed by atoms with Crippen molar-refractivity contribution in [1.29, 1.82) is 0 Å². The van der Waals surface area contributed by atoms with Crippen LogP contribution in [0.3, 0.4) is 0 Å². The van der Waals surface area contributed by atoms with Gasteiger partial charge in [0.25, 0.3) is 5.91 Å². The summed E-state index contributed by atoms with van der Waals surface area (Å²) in [6.45, 7) is 2.81. The zero-order valence-electron chi connectivity index (χ0n) is 19.7. The highest BCUT2D eigenvalue weighted by molar-refractivity contribution is 6.30. The molecular formula is C28H26ClN3O3. The molecule has 1 fully saturated rings. The van der Waals surface area contributed by atoms with E-state index in [1.165, 1.54) is 0 Å². The Morgan fingerprint density at radius 3 is 2.29 bits per heavy atom. The van der Waals surface area contributed by atoms with Crippen molar-refractivity contribution in [2.75, 3.05) is 45.3 Å². The number of nitrogens with zero attached hydrogens (tertiary/aromatic N) is 3. The summed E-state index contributed by atoms with van der Waals surface area (Å²) >= 11 is 6.03. The minimum Gasteiger partial charge on any atom is -0.493 e. The number of hydrogen-bond acceptors (Lipinski definition) is 5. The Balaban J connectivity index is 1.45. The molecule has 0 atom stereocenters. The number of piperazine rings is 1. The van der Waals surface area contributed by atoms with Crippen LogP contribution in [0.25, 0.3) is 22.2 Å². The van der Waals surface area contributed by atoms with E-state index < -0.39 is 0 Å². The van der Waals surface area contributed by atoms with Crippen LogP contribution in [0.5, 0.6) is 11.5 Å². The fourth-order valence-corrected chi connectivity index (χ4v) is 4.61. The first-order valence-corrected chi connectivity index (χ1v) is 11.9. The third-order valence-corrected chi connectivity index (χ3v) is 6.64. The van der Waals surface area contributed by atoms with Gasteiger partial charge in [0, 0.05) is 47.8 Å². The smallest absolute Gasteiger partial charge is 0.254 e. The van der Waals surface area contributed by atoms with E-state index in [2.05, 4.69) is 4.90 Å². The summed E-state index contributed by atoms with van der Waals surface area (Å²) in [7, 11) is 3.21. The van der Waals surface area contributed by atoms with Crippen LogP contribution in [0.15, 0.2) is 72.8 Å². The van der Waals surface area contributed by atoms with Crippen LogP contribution in [0.1, 0.15) is 10.4 Å². The molecule has 6 nitrogen and oxygen atoms in total. The van der Waals surface area contributed by atoms with Gasteiger partial charge in [-0.05, 0) is 54.6 Å². The first-order valence-electron chi connectivity index (χ1n) is 11.5. The van der Waals surface area contributed by atoms with Crippen LogP contribution in [0, 0.1) is 0 Å². The van der Waals surface area contributed by atoms with Crippen LogP contribution in [-0.2, 0) is 0 Å². The zero-order valence-corrected chi connectivity index (χ0v) is 20.5. The molecule has 2 heterocycles. The fourth-order valence-electron chi connectivity index (χ4n) is 4.49. The van der Waals surface area contributed by atoms with Gasteiger partial charge in [-0.15, -0.1) is 0 Å². The number of anilines is 1. The second-order valence-corrected chi connectivity index (χ2v) is 8.83. The molecule has 0 saturated carbocycles. The summed E-state index contributed by atoms with van der Waals surface area (Å²) in [6.07, 6.45) is 0. The van der Waals surface area contributed by atoms with Crippen LogP contribution >= 0.6 is 11.6 Å². The molecular weight excluding hydrogens is 462 g/mol. The van der Waals surface area contributed by atoms with Gasteiger partial charge in [0.2, 0.25) is 0 Å². The van der Waals surface area contributed by atoms with Gasteiger partial charge >= 0.3 is 0 Å². The van der Waals surface area contributed by atoms with E-state index >= 15 is 0 Å². The molecule has 7 heteroatoms. The molecule has 0 radical (unpaired) electrons. The SMILES string of the molecule is COc1ccc(-c2cc(C(=O)N3CCN(c4ccc(Cl)cc4)CC3)c3ccccc3n2)cc1OC. The second kappa shape index (κ2) is 9.84. The van der Waals surface area contributed by atoms with E-state index in [-0.39, 0.29) is 5.91 Å². The van der Waals surface area contributed by atoms with Gasteiger partial charge < -0.3 is 19.3 Å². The number of amides is 1. The highest BCUT2D eigenvalue weighted by Gasteiger charge is 2.24. The molecule has 4 aromatic rings.